The van der Waals surface area contributed by atoms with Gasteiger partial charge in [-0.3, -0.25) is 0 Å². The van der Waals surface area contributed by atoms with Crippen molar-refractivity contribution in [3.63, 3.8) is 0 Å². The summed E-state index contributed by atoms with van der Waals surface area (Å²) in [6.07, 6.45) is 11.5. The molecule has 0 saturated carbocycles. The van der Waals surface area contributed by atoms with E-state index in [1.807, 2.05) is 24.5 Å². The molecule has 100 valence electrons. The fourth-order valence-corrected chi connectivity index (χ4v) is 2.62. The van der Waals surface area contributed by atoms with Crippen LogP contribution in [-0.2, 0) is 0 Å². The zero-order valence-electron chi connectivity index (χ0n) is 11.9. The van der Waals surface area contributed by atoms with Crippen LogP contribution in [0.5, 0.6) is 0 Å². The lowest BCUT2D eigenvalue weighted by Gasteiger charge is -2.18. The van der Waals surface area contributed by atoms with Gasteiger partial charge < -0.3 is 0 Å². The van der Waals surface area contributed by atoms with Crippen LogP contribution < -0.4 is 0 Å². The Morgan fingerprint density at radius 3 is 2.50 bits per heavy atom. The van der Waals surface area contributed by atoms with Gasteiger partial charge in [-0.05, 0) is 31.4 Å². The van der Waals surface area contributed by atoms with Gasteiger partial charge >= 0.3 is 0 Å². The minimum atomic E-state index is 0.422. The molecule has 2 aromatic rings. The SMILES string of the molecule is CC1=CC=CCC1c1cnc(-c2ccccc2C)nc1. The van der Waals surface area contributed by atoms with E-state index in [2.05, 4.69) is 54.2 Å². The standard InChI is InChI=1S/C18H18N2/c1-13-7-3-5-9-16(13)15-11-19-18(20-12-15)17-10-6-4-8-14(17)2/h3-8,10-12,16H,9H2,1-2H3. The van der Waals surface area contributed by atoms with Gasteiger partial charge in [0.25, 0.3) is 0 Å². The molecule has 0 amide bonds. The second-order valence-electron chi connectivity index (χ2n) is 5.28. The zero-order chi connectivity index (χ0) is 13.9. The van der Waals surface area contributed by atoms with Gasteiger partial charge in [-0.2, -0.15) is 0 Å². The summed E-state index contributed by atoms with van der Waals surface area (Å²) in [5, 5.41) is 0. The first kappa shape index (κ1) is 12.8. The van der Waals surface area contributed by atoms with E-state index in [9.17, 15) is 0 Å². The van der Waals surface area contributed by atoms with Crippen molar-refractivity contribution in [1.82, 2.24) is 9.97 Å². The first-order chi connectivity index (χ1) is 9.75. The van der Waals surface area contributed by atoms with Gasteiger partial charge in [-0.1, -0.05) is 48.1 Å². The van der Waals surface area contributed by atoms with Crippen LogP contribution in [0, 0.1) is 6.92 Å². The lowest BCUT2D eigenvalue weighted by Crippen LogP contribution is -2.04. The van der Waals surface area contributed by atoms with Crippen molar-refractivity contribution in [2.45, 2.75) is 26.2 Å². The average Bonchev–Trinajstić information content (AvgIpc) is 2.49. The van der Waals surface area contributed by atoms with E-state index in [1.165, 1.54) is 16.7 Å². The third-order valence-electron chi connectivity index (χ3n) is 3.88. The molecule has 1 unspecified atom stereocenters. The maximum Gasteiger partial charge on any atom is 0.159 e. The average molecular weight is 262 g/mol. The van der Waals surface area contributed by atoms with Crippen LogP contribution in [-0.4, -0.2) is 9.97 Å². The summed E-state index contributed by atoms with van der Waals surface area (Å²) in [4.78, 5) is 9.11. The number of nitrogens with zero attached hydrogens (tertiary/aromatic N) is 2. The zero-order valence-corrected chi connectivity index (χ0v) is 11.9. The predicted octanol–water partition coefficient (Wildman–Crippen LogP) is 4.44. The summed E-state index contributed by atoms with van der Waals surface area (Å²) in [5.74, 6) is 1.23. The predicted molar refractivity (Wildman–Crippen MR) is 82.5 cm³/mol. The fraction of sp³-hybridized carbons (Fsp3) is 0.222. The van der Waals surface area contributed by atoms with E-state index in [4.69, 9.17) is 0 Å². The van der Waals surface area contributed by atoms with Crippen LogP contribution in [0.1, 0.15) is 30.4 Å². The quantitative estimate of drug-likeness (QED) is 0.799. The molecule has 1 aromatic heterocycles. The highest BCUT2D eigenvalue weighted by Crippen LogP contribution is 2.30. The molecule has 0 bridgehead atoms. The van der Waals surface area contributed by atoms with Gasteiger partial charge in [0.05, 0.1) is 0 Å². The number of rotatable bonds is 2. The lowest BCUT2D eigenvalue weighted by atomic mass is 9.88. The molecule has 2 nitrogen and oxygen atoms in total. The van der Waals surface area contributed by atoms with Gasteiger partial charge in [0.2, 0.25) is 0 Å². The molecule has 20 heavy (non-hydrogen) atoms. The Morgan fingerprint density at radius 1 is 1.05 bits per heavy atom. The molecule has 0 radical (unpaired) electrons. The minimum absolute atomic E-state index is 0.422. The molecule has 1 atom stereocenters. The second-order valence-corrected chi connectivity index (χ2v) is 5.28. The molecule has 3 rings (SSSR count). The Hall–Kier alpha value is -2.22. The van der Waals surface area contributed by atoms with Crippen molar-refractivity contribution < 1.29 is 0 Å². The van der Waals surface area contributed by atoms with Crippen LogP contribution in [0.3, 0.4) is 0 Å². The fourth-order valence-electron chi connectivity index (χ4n) is 2.62. The van der Waals surface area contributed by atoms with Crippen molar-refractivity contribution in [2.75, 3.05) is 0 Å². The van der Waals surface area contributed by atoms with E-state index in [0.29, 0.717) is 5.92 Å². The van der Waals surface area contributed by atoms with Gasteiger partial charge in [0.15, 0.2) is 5.82 Å². The van der Waals surface area contributed by atoms with Gasteiger partial charge in [-0.15, -0.1) is 0 Å². The summed E-state index contributed by atoms with van der Waals surface area (Å²) >= 11 is 0. The van der Waals surface area contributed by atoms with E-state index >= 15 is 0 Å². The van der Waals surface area contributed by atoms with Crippen molar-refractivity contribution >= 4 is 0 Å². The number of aryl methyl sites for hydroxylation is 1. The minimum Gasteiger partial charge on any atom is -0.236 e. The summed E-state index contributed by atoms with van der Waals surface area (Å²) < 4.78 is 0. The summed E-state index contributed by atoms with van der Waals surface area (Å²) in [5.41, 5.74) is 4.88. The molecule has 0 fully saturated rings. The Kier molecular flexibility index (Phi) is 3.46. The summed E-state index contributed by atoms with van der Waals surface area (Å²) in [7, 11) is 0. The largest absolute Gasteiger partial charge is 0.236 e. The first-order valence-corrected chi connectivity index (χ1v) is 6.97. The number of aromatic nitrogens is 2. The van der Waals surface area contributed by atoms with E-state index in [1.54, 1.807) is 0 Å². The maximum atomic E-state index is 4.56. The van der Waals surface area contributed by atoms with Crippen LogP contribution in [0.2, 0.25) is 0 Å². The van der Waals surface area contributed by atoms with Crippen LogP contribution in [0.4, 0.5) is 0 Å². The Labute approximate surface area is 119 Å². The Morgan fingerprint density at radius 2 is 1.80 bits per heavy atom. The highest BCUT2D eigenvalue weighted by Gasteiger charge is 2.15. The van der Waals surface area contributed by atoms with Crippen LogP contribution >= 0.6 is 0 Å². The first-order valence-electron chi connectivity index (χ1n) is 6.97. The number of allylic oxidation sites excluding steroid dienone is 4. The highest BCUT2D eigenvalue weighted by atomic mass is 14.9. The molecule has 0 saturated heterocycles. The van der Waals surface area contributed by atoms with Crippen LogP contribution in [0.15, 0.2) is 60.5 Å². The monoisotopic (exact) mass is 262 g/mol. The molecule has 0 aliphatic heterocycles. The number of benzene rings is 1. The van der Waals surface area contributed by atoms with Gasteiger partial charge in [0, 0.05) is 23.9 Å². The third kappa shape index (κ3) is 2.42. The van der Waals surface area contributed by atoms with E-state index in [-0.39, 0.29) is 0 Å². The molecule has 1 aromatic carbocycles. The number of hydrogen-bond acceptors (Lipinski definition) is 2. The topological polar surface area (TPSA) is 25.8 Å². The normalized spacial score (nSPS) is 17.9. The molecule has 0 N–H and O–H groups in total. The summed E-state index contributed by atoms with van der Waals surface area (Å²) in [6, 6.07) is 8.22. The van der Waals surface area contributed by atoms with Gasteiger partial charge in [-0.25, -0.2) is 9.97 Å². The number of hydrogen-bond donors (Lipinski definition) is 0. The van der Waals surface area contributed by atoms with E-state index < -0.39 is 0 Å². The molecule has 0 spiro atoms. The molecular weight excluding hydrogens is 244 g/mol. The Balaban J connectivity index is 1.91. The van der Waals surface area contributed by atoms with Crippen molar-refractivity contribution in [3.8, 4) is 11.4 Å². The lowest BCUT2D eigenvalue weighted by molar-refractivity contribution is 0.785. The highest BCUT2D eigenvalue weighted by molar-refractivity contribution is 5.59. The van der Waals surface area contributed by atoms with Crippen LogP contribution in [0.25, 0.3) is 11.4 Å². The van der Waals surface area contributed by atoms with Gasteiger partial charge in [0.1, 0.15) is 0 Å². The maximum absolute atomic E-state index is 4.56. The van der Waals surface area contributed by atoms with Crippen molar-refractivity contribution in [1.29, 1.82) is 0 Å². The van der Waals surface area contributed by atoms with E-state index in [0.717, 1.165) is 17.8 Å². The molecule has 1 heterocycles. The molecule has 1 aliphatic carbocycles. The summed E-state index contributed by atoms with van der Waals surface area (Å²) in [6.45, 7) is 4.26. The Bertz CT molecular complexity index is 666. The second kappa shape index (κ2) is 5.41. The molecule has 2 heteroatoms. The van der Waals surface area contributed by atoms with Crippen molar-refractivity contribution in [3.05, 3.63) is 71.6 Å². The molecular formula is C18H18N2. The smallest absolute Gasteiger partial charge is 0.159 e. The molecule has 1 aliphatic rings. The van der Waals surface area contributed by atoms with Crippen molar-refractivity contribution in [2.24, 2.45) is 0 Å². The third-order valence-corrected chi connectivity index (χ3v) is 3.88.